The summed E-state index contributed by atoms with van der Waals surface area (Å²) in [5.74, 6) is -0.255. The van der Waals surface area contributed by atoms with E-state index in [1.807, 2.05) is 79.6 Å². The number of anilines is 1. The van der Waals surface area contributed by atoms with Crippen molar-refractivity contribution in [2.45, 2.75) is 33.1 Å². The summed E-state index contributed by atoms with van der Waals surface area (Å²) in [6, 6.07) is 16.4. The summed E-state index contributed by atoms with van der Waals surface area (Å²) >= 11 is 0. The van der Waals surface area contributed by atoms with E-state index in [0.29, 0.717) is 36.5 Å². The van der Waals surface area contributed by atoms with Gasteiger partial charge in [-0.3, -0.25) is 14.6 Å². The molecule has 1 aliphatic rings. The fourth-order valence-electron chi connectivity index (χ4n) is 5.23. The van der Waals surface area contributed by atoms with Crippen LogP contribution in [0, 0.1) is 5.82 Å². The highest BCUT2D eigenvalue weighted by molar-refractivity contribution is 6.04. The molecule has 4 aromatic rings. The van der Waals surface area contributed by atoms with Gasteiger partial charge in [0, 0.05) is 57.3 Å². The Morgan fingerprint density at radius 2 is 1.86 bits per heavy atom. The number of halogens is 1. The van der Waals surface area contributed by atoms with Crippen LogP contribution >= 0.6 is 0 Å². The van der Waals surface area contributed by atoms with E-state index < -0.39 is 17.2 Å². The van der Waals surface area contributed by atoms with Crippen molar-refractivity contribution in [1.82, 2.24) is 14.5 Å². The van der Waals surface area contributed by atoms with E-state index >= 15 is 4.39 Å². The number of rotatable bonds is 10. The Bertz CT molecular complexity index is 1730. The van der Waals surface area contributed by atoms with Gasteiger partial charge in [-0.15, -0.1) is 0 Å². The molecular formula is C34H35FN4O3. The number of hydrogen-bond donors (Lipinski definition) is 0. The smallest absolute Gasteiger partial charge is 0.259 e. The number of aromatic nitrogens is 2. The first-order chi connectivity index (χ1) is 20.3. The van der Waals surface area contributed by atoms with Gasteiger partial charge in [0.1, 0.15) is 16.8 Å². The number of likely N-dealkylation sites (N-methyl/N-ethyl adjacent to an activating group) is 1. The Morgan fingerprint density at radius 3 is 2.55 bits per heavy atom. The normalized spacial score (nSPS) is 12.6. The van der Waals surface area contributed by atoms with Gasteiger partial charge >= 0.3 is 0 Å². The maximum atomic E-state index is 16.0. The number of carbonyl (C=O) groups excluding carboxylic acids is 1. The number of pyridine rings is 2. The lowest BCUT2D eigenvalue weighted by atomic mass is 10.0. The second kappa shape index (κ2) is 12.4. The number of ether oxygens (including phenoxy) is 1. The van der Waals surface area contributed by atoms with Crippen molar-refractivity contribution in [2.24, 2.45) is 0 Å². The van der Waals surface area contributed by atoms with Crippen LogP contribution in [-0.4, -0.2) is 47.5 Å². The number of allylic oxidation sites excluding steroid dienone is 3. The fraction of sp³-hybridized carbons (Fsp3) is 0.265. The molecule has 0 bridgehead atoms. The third-order valence-corrected chi connectivity index (χ3v) is 7.46. The number of carbonyl (C=O) groups is 1. The summed E-state index contributed by atoms with van der Waals surface area (Å²) in [6.07, 6.45) is 9.37. The Kier molecular flexibility index (Phi) is 8.52. The number of hydrogen-bond acceptors (Lipinski definition) is 5. The highest BCUT2D eigenvalue weighted by Gasteiger charge is 2.31. The highest BCUT2D eigenvalue weighted by Crippen LogP contribution is 2.45. The minimum Gasteiger partial charge on any atom is -0.450 e. The SMILES string of the molecule is C/C=C\C1=C(c2ccccc2)Oc2c(N(C)CCCC)c(F)cc3c(=O)c(C(=O)N(C)CCc4ccccn4)cn1c23. The van der Waals surface area contributed by atoms with Crippen LogP contribution in [0.15, 0.2) is 83.9 Å². The van der Waals surface area contributed by atoms with Crippen molar-refractivity contribution in [1.29, 1.82) is 0 Å². The van der Waals surface area contributed by atoms with Gasteiger partial charge < -0.3 is 19.1 Å². The van der Waals surface area contributed by atoms with Crippen molar-refractivity contribution in [3.05, 3.63) is 112 Å². The molecule has 8 heteroatoms. The van der Waals surface area contributed by atoms with Gasteiger partial charge in [-0.25, -0.2) is 4.39 Å². The molecule has 1 amide bonds. The van der Waals surface area contributed by atoms with E-state index in [9.17, 15) is 9.59 Å². The van der Waals surface area contributed by atoms with Gasteiger partial charge in [-0.05, 0) is 37.6 Å². The van der Waals surface area contributed by atoms with Gasteiger partial charge in [0.15, 0.2) is 17.3 Å². The lowest BCUT2D eigenvalue weighted by Crippen LogP contribution is -2.34. The maximum absolute atomic E-state index is 16.0. The van der Waals surface area contributed by atoms with Crippen molar-refractivity contribution in [2.75, 3.05) is 32.1 Å². The van der Waals surface area contributed by atoms with Crippen molar-refractivity contribution in [3.63, 3.8) is 0 Å². The average molecular weight is 567 g/mol. The van der Waals surface area contributed by atoms with Gasteiger partial charge in [0.05, 0.1) is 11.1 Å². The molecule has 0 N–H and O–H groups in total. The predicted molar refractivity (Wildman–Crippen MR) is 166 cm³/mol. The molecule has 0 aliphatic carbocycles. The van der Waals surface area contributed by atoms with Crippen LogP contribution in [0.4, 0.5) is 10.1 Å². The maximum Gasteiger partial charge on any atom is 0.259 e. The third-order valence-electron chi connectivity index (χ3n) is 7.46. The van der Waals surface area contributed by atoms with Crippen LogP contribution in [0.25, 0.3) is 22.4 Å². The number of amides is 1. The Morgan fingerprint density at radius 1 is 1.10 bits per heavy atom. The molecule has 0 atom stereocenters. The Hall–Kier alpha value is -4.72. The Labute approximate surface area is 245 Å². The standard InChI is InChI=1S/C34H35FN4O3/c1-5-7-19-37(3)30-27(35)21-25-29-33(30)42-32(23-14-9-8-10-15-23)28(13-6-2)39(29)22-26(31(25)40)34(41)38(4)20-17-24-16-11-12-18-36-24/h6,8-16,18,21-22H,5,7,17,19-20H2,1-4H3/b13-6-. The molecule has 0 saturated heterocycles. The number of benzene rings is 2. The Balaban J connectivity index is 1.72. The van der Waals surface area contributed by atoms with Crippen LogP contribution in [0.5, 0.6) is 5.75 Å². The van der Waals surface area contributed by atoms with E-state index in [-0.39, 0.29) is 22.4 Å². The average Bonchev–Trinajstić information content (AvgIpc) is 3.01. The summed E-state index contributed by atoms with van der Waals surface area (Å²) in [5.41, 5.74) is 2.40. The van der Waals surface area contributed by atoms with Crippen LogP contribution in [0.3, 0.4) is 0 Å². The largest absolute Gasteiger partial charge is 0.450 e. The lowest BCUT2D eigenvalue weighted by molar-refractivity contribution is 0.0794. The molecule has 216 valence electrons. The van der Waals surface area contributed by atoms with Gasteiger partial charge in [0.2, 0.25) is 5.43 Å². The van der Waals surface area contributed by atoms with Crippen molar-refractivity contribution >= 4 is 34.0 Å². The van der Waals surface area contributed by atoms with E-state index in [1.165, 1.54) is 11.0 Å². The van der Waals surface area contributed by atoms with Gasteiger partial charge in [0.25, 0.3) is 5.91 Å². The van der Waals surface area contributed by atoms with Crippen molar-refractivity contribution in [3.8, 4) is 5.75 Å². The second-order valence-corrected chi connectivity index (χ2v) is 10.4. The zero-order valence-electron chi connectivity index (χ0n) is 24.4. The van der Waals surface area contributed by atoms with Gasteiger partial charge in [-0.2, -0.15) is 0 Å². The minimum absolute atomic E-state index is 0.0419. The summed E-state index contributed by atoms with van der Waals surface area (Å²) < 4.78 is 24.3. The van der Waals surface area contributed by atoms with E-state index in [0.717, 1.165) is 24.1 Å². The molecule has 1 aliphatic heterocycles. The summed E-state index contributed by atoms with van der Waals surface area (Å²) in [7, 11) is 3.48. The topological polar surface area (TPSA) is 67.7 Å². The van der Waals surface area contributed by atoms with Crippen molar-refractivity contribution < 1.29 is 13.9 Å². The molecule has 7 nitrogen and oxygen atoms in total. The molecule has 5 rings (SSSR count). The van der Waals surface area contributed by atoms with Crippen LogP contribution in [0.2, 0.25) is 0 Å². The summed E-state index contributed by atoms with van der Waals surface area (Å²) in [4.78, 5) is 35.3. The zero-order valence-corrected chi connectivity index (χ0v) is 24.4. The quantitative estimate of drug-likeness (QED) is 0.223. The van der Waals surface area contributed by atoms with Crippen LogP contribution < -0.4 is 15.1 Å². The lowest BCUT2D eigenvalue weighted by Gasteiger charge is -2.30. The van der Waals surface area contributed by atoms with E-state index in [4.69, 9.17) is 4.74 Å². The molecule has 0 saturated carbocycles. The third kappa shape index (κ3) is 5.44. The zero-order chi connectivity index (χ0) is 29.8. The predicted octanol–water partition coefficient (Wildman–Crippen LogP) is 6.38. The summed E-state index contributed by atoms with van der Waals surface area (Å²) in [5, 5.41) is 0.0910. The molecule has 2 aromatic carbocycles. The highest BCUT2D eigenvalue weighted by atomic mass is 19.1. The minimum atomic E-state index is -0.574. The number of nitrogens with zero attached hydrogens (tertiary/aromatic N) is 4. The molecule has 2 aromatic heterocycles. The molecule has 0 unspecified atom stereocenters. The monoisotopic (exact) mass is 566 g/mol. The molecular weight excluding hydrogens is 531 g/mol. The van der Waals surface area contributed by atoms with Gasteiger partial charge in [-0.1, -0.05) is 55.8 Å². The van der Waals surface area contributed by atoms with Crippen LogP contribution in [-0.2, 0) is 6.42 Å². The molecule has 0 radical (unpaired) electrons. The molecule has 42 heavy (non-hydrogen) atoms. The molecule has 0 spiro atoms. The second-order valence-electron chi connectivity index (χ2n) is 10.4. The first-order valence-corrected chi connectivity index (χ1v) is 14.2. The summed E-state index contributed by atoms with van der Waals surface area (Å²) in [6.45, 7) is 4.94. The first kappa shape index (κ1) is 28.8. The number of unbranched alkanes of at least 4 members (excludes halogenated alkanes) is 1. The van der Waals surface area contributed by atoms with Crippen LogP contribution in [0.1, 0.15) is 48.3 Å². The van der Waals surface area contributed by atoms with E-state index in [2.05, 4.69) is 11.9 Å². The fourth-order valence-corrected chi connectivity index (χ4v) is 5.23. The van der Waals surface area contributed by atoms with E-state index in [1.54, 1.807) is 24.0 Å². The molecule has 3 heterocycles. The molecule has 0 fully saturated rings. The first-order valence-electron chi connectivity index (χ1n) is 14.2.